The lowest BCUT2D eigenvalue weighted by molar-refractivity contribution is -0.0723. The number of rotatable bonds is 6. The summed E-state index contributed by atoms with van der Waals surface area (Å²) < 4.78 is 20.4. The van der Waals surface area contributed by atoms with Gasteiger partial charge in [0.1, 0.15) is 17.5 Å². The van der Waals surface area contributed by atoms with E-state index in [1.165, 1.54) is 24.4 Å². The van der Waals surface area contributed by atoms with Crippen molar-refractivity contribution < 1.29 is 24.4 Å². The van der Waals surface area contributed by atoms with E-state index < -0.39 is 29.2 Å². The minimum absolute atomic E-state index is 0.0634. The van der Waals surface area contributed by atoms with Crippen LogP contribution >= 0.6 is 0 Å². The van der Waals surface area contributed by atoms with E-state index in [2.05, 4.69) is 0 Å². The molecule has 27 heavy (non-hydrogen) atoms. The van der Waals surface area contributed by atoms with E-state index in [-0.39, 0.29) is 32.0 Å². The average Bonchev–Trinajstić information content (AvgIpc) is 2.92. The molecule has 1 aromatic heterocycles. The molecule has 0 radical (unpaired) electrons. The van der Waals surface area contributed by atoms with Crippen LogP contribution in [0.1, 0.15) is 18.2 Å². The van der Waals surface area contributed by atoms with E-state index in [0.717, 1.165) is 14.7 Å². The molecule has 3 N–H and O–H groups in total. The lowest BCUT2D eigenvalue weighted by Crippen LogP contribution is -2.47. The molecule has 1 aromatic carbocycles. The topological polar surface area (TPSA) is 114 Å². The van der Waals surface area contributed by atoms with Crippen molar-refractivity contribution in [3.8, 4) is 0 Å². The first-order chi connectivity index (χ1) is 12.9. The number of nitrogens with zero attached hydrogens (tertiary/aromatic N) is 2. The van der Waals surface area contributed by atoms with Gasteiger partial charge < -0.3 is 20.1 Å². The van der Waals surface area contributed by atoms with Crippen LogP contribution in [0, 0.1) is 5.82 Å². The van der Waals surface area contributed by atoms with Crippen molar-refractivity contribution in [3.63, 3.8) is 0 Å². The van der Waals surface area contributed by atoms with E-state index in [1.807, 2.05) is 0 Å². The van der Waals surface area contributed by atoms with Crippen molar-refractivity contribution >= 4 is 0 Å². The summed E-state index contributed by atoms with van der Waals surface area (Å²) in [4.78, 5) is 24.8. The number of aliphatic hydroxyl groups is 3. The summed E-state index contributed by atoms with van der Waals surface area (Å²) in [7, 11) is 0. The zero-order valence-corrected chi connectivity index (χ0v) is 14.5. The van der Waals surface area contributed by atoms with Crippen LogP contribution in [0.25, 0.3) is 0 Å². The molecule has 8 nitrogen and oxygen atoms in total. The van der Waals surface area contributed by atoms with Gasteiger partial charge in [-0.1, -0.05) is 12.1 Å². The highest BCUT2D eigenvalue weighted by Gasteiger charge is 2.48. The minimum Gasteiger partial charge on any atom is -0.396 e. The Kier molecular flexibility index (Phi) is 5.56. The molecule has 3 rings (SSSR count). The first-order valence-corrected chi connectivity index (χ1v) is 8.55. The summed E-state index contributed by atoms with van der Waals surface area (Å²) in [5.41, 5.74) is -2.13. The monoisotopic (exact) mass is 380 g/mol. The first kappa shape index (κ1) is 19.4. The highest BCUT2D eigenvalue weighted by Crippen LogP contribution is 2.33. The predicted octanol–water partition coefficient (Wildman–Crippen LogP) is -0.605. The number of halogens is 1. The van der Waals surface area contributed by atoms with E-state index >= 15 is 0 Å². The van der Waals surface area contributed by atoms with Crippen molar-refractivity contribution in [2.75, 3.05) is 13.2 Å². The van der Waals surface area contributed by atoms with Gasteiger partial charge in [-0.3, -0.25) is 13.9 Å². The summed E-state index contributed by atoms with van der Waals surface area (Å²) >= 11 is 0. The fourth-order valence-electron chi connectivity index (χ4n) is 3.14. The molecule has 0 aliphatic carbocycles. The zero-order valence-electron chi connectivity index (χ0n) is 14.5. The van der Waals surface area contributed by atoms with Crippen LogP contribution in [0.5, 0.6) is 0 Å². The predicted molar refractivity (Wildman–Crippen MR) is 92.7 cm³/mol. The Morgan fingerprint density at radius 1 is 1.22 bits per heavy atom. The van der Waals surface area contributed by atoms with Gasteiger partial charge in [0.25, 0.3) is 5.56 Å². The number of hydrogen-bond donors (Lipinski definition) is 3. The Labute approximate surface area is 153 Å². The second-order valence-electron chi connectivity index (χ2n) is 6.60. The van der Waals surface area contributed by atoms with Crippen molar-refractivity contribution in [1.82, 2.24) is 9.13 Å². The van der Waals surface area contributed by atoms with E-state index in [0.29, 0.717) is 6.42 Å². The summed E-state index contributed by atoms with van der Waals surface area (Å²) in [5.74, 6) is -0.374. The fraction of sp³-hybridized carbons (Fsp3) is 0.444. The SMILES string of the molecule is O=c1ccn([C@@H]2OCC(O)(CCO)C2O)c(=O)n1CCc1ccc(F)cc1. The van der Waals surface area contributed by atoms with Crippen molar-refractivity contribution in [2.45, 2.75) is 37.3 Å². The number of hydrogen-bond acceptors (Lipinski definition) is 6. The normalized spacial score (nSPS) is 25.0. The van der Waals surface area contributed by atoms with Gasteiger partial charge in [0, 0.05) is 31.8 Å². The average molecular weight is 380 g/mol. The molecule has 0 bridgehead atoms. The van der Waals surface area contributed by atoms with Crippen LogP contribution in [-0.4, -0.2) is 49.4 Å². The van der Waals surface area contributed by atoms with Gasteiger partial charge in [-0.25, -0.2) is 9.18 Å². The molecule has 0 spiro atoms. The van der Waals surface area contributed by atoms with Gasteiger partial charge in [-0.15, -0.1) is 0 Å². The smallest absolute Gasteiger partial charge is 0.333 e. The third-order valence-corrected chi connectivity index (χ3v) is 4.78. The second-order valence-corrected chi connectivity index (χ2v) is 6.60. The number of aryl methyl sites for hydroxylation is 1. The number of aliphatic hydroxyl groups excluding tert-OH is 2. The Hall–Kier alpha value is -2.33. The molecular weight excluding hydrogens is 359 g/mol. The summed E-state index contributed by atoms with van der Waals surface area (Å²) in [6.45, 7) is -0.538. The van der Waals surface area contributed by atoms with Crippen LogP contribution in [0.4, 0.5) is 4.39 Å². The third-order valence-electron chi connectivity index (χ3n) is 4.78. The maximum atomic E-state index is 13.0. The summed E-state index contributed by atoms with van der Waals surface area (Å²) in [6.07, 6.45) is -1.18. The molecule has 1 fully saturated rings. The maximum Gasteiger partial charge on any atom is 0.333 e. The Morgan fingerprint density at radius 2 is 1.93 bits per heavy atom. The van der Waals surface area contributed by atoms with Crippen LogP contribution in [-0.2, 0) is 17.7 Å². The second kappa shape index (κ2) is 7.73. The maximum absolute atomic E-state index is 13.0. The fourth-order valence-corrected chi connectivity index (χ4v) is 3.14. The third kappa shape index (κ3) is 3.86. The van der Waals surface area contributed by atoms with Gasteiger partial charge in [0.2, 0.25) is 0 Å². The van der Waals surface area contributed by atoms with Gasteiger partial charge in [-0.2, -0.15) is 0 Å². The van der Waals surface area contributed by atoms with Crippen LogP contribution in [0.15, 0.2) is 46.1 Å². The van der Waals surface area contributed by atoms with E-state index in [4.69, 9.17) is 9.84 Å². The highest BCUT2D eigenvalue weighted by molar-refractivity contribution is 5.16. The van der Waals surface area contributed by atoms with Crippen LogP contribution < -0.4 is 11.2 Å². The number of aromatic nitrogens is 2. The molecule has 146 valence electrons. The summed E-state index contributed by atoms with van der Waals surface area (Å²) in [5, 5.41) is 29.7. The summed E-state index contributed by atoms with van der Waals surface area (Å²) in [6, 6.07) is 6.91. The zero-order chi connectivity index (χ0) is 19.6. The molecule has 1 aliphatic heterocycles. The molecule has 1 saturated heterocycles. The molecule has 2 aromatic rings. The largest absolute Gasteiger partial charge is 0.396 e. The highest BCUT2D eigenvalue weighted by atomic mass is 19.1. The van der Waals surface area contributed by atoms with Crippen molar-refractivity contribution in [3.05, 3.63) is 68.7 Å². The molecular formula is C18H21FN2O6. The Balaban J connectivity index is 1.85. The minimum atomic E-state index is -1.67. The van der Waals surface area contributed by atoms with Gasteiger partial charge in [-0.05, 0) is 24.1 Å². The molecule has 1 aliphatic rings. The van der Waals surface area contributed by atoms with E-state index in [9.17, 15) is 24.2 Å². The molecule has 9 heteroatoms. The quantitative estimate of drug-likeness (QED) is 0.616. The molecule has 2 heterocycles. The van der Waals surface area contributed by atoms with Gasteiger partial charge in [0.05, 0.1) is 6.61 Å². The van der Waals surface area contributed by atoms with Crippen LogP contribution in [0.3, 0.4) is 0 Å². The molecule has 3 atom stereocenters. The van der Waals surface area contributed by atoms with E-state index in [1.54, 1.807) is 12.1 Å². The van der Waals surface area contributed by atoms with Gasteiger partial charge in [0.15, 0.2) is 6.23 Å². The Bertz CT molecular complexity index is 909. The number of ether oxygens (including phenoxy) is 1. The lowest BCUT2D eigenvalue weighted by atomic mass is 9.95. The number of benzene rings is 1. The Morgan fingerprint density at radius 3 is 2.59 bits per heavy atom. The standard InChI is InChI=1S/C18H21FN2O6/c19-13-3-1-12(2-4-13)5-8-20-14(23)6-9-21(17(20)25)16-15(24)18(26,7-10-22)11-27-16/h1-4,6,9,15-16,22,24,26H,5,7-8,10-11H2/t15?,16-,18?/m1/s1. The first-order valence-electron chi connectivity index (χ1n) is 8.55. The molecule has 0 saturated carbocycles. The van der Waals surface area contributed by atoms with Crippen molar-refractivity contribution in [2.24, 2.45) is 0 Å². The molecule has 0 amide bonds. The molecule has 2 unspecified atom stereocenters. The van der Waals surface area contributed by atoms with Crippen molar-refractivity contribution in [1.29, 1.82) is 0 Å². The lowest BCUT2D eigenvalue weighted by Gasteiger charge is -2.26. The van der Waals surface area contributed by atoms with Crippen LogP contribution in [0.2, 0.25) is 0 Å². The van der Waals surface area contributed by atoms with Gasteiger partial charge >= 0.3 is 5.69 Å².